The molecule has 1 aromatic heterocycles. The Labute approximate surface area is 105 Å². The summed E-state index contributed by atoms with van der Waals surface area (Å²) in [6.07, 6.45) is 2.08. The second kappa shape index (κ2) is 5.02. The van der Waals surface area contributed by atoms with Gasteiger partial charge in [-0.1, -0.05) is 5.16 Å². The zero-order valence-corrected chi connectivity index (χ0v) is 10.0. The van der Waals surface area contributed by atoms with Crippen LogP contribution in [0.25, 0.3) is 11.0 Å². The number of nitrogens with one attached hydrogen (secondary N) is 1. The number of rotatable bonds is 1. The number of hydrogen-bond donors (Lipinski definition) is 1. The molecule has 0 unspecified atom stereocenters. The number of halogens is 2. The fourth-order valence-corrected chi connectivity index (χ4v) is 2.32. The molecule has 1 fully saturated rings. The van der Waals surface area contributed by atoms with E-state index in [0.717, 1.165) is 37.0 Å². The van der Waals surface area contributed by atoms with Crippen LogP contribution in [0.4, 0.5) is 4.39 Å². The SMILES string of the molecule is Fc1ccc2onc(C3CCNCC3)c2c1.[Cl-]. The Morgan fingerprint density at radius 1 is 1.29 bits per heavy atom. The monoisotopic (exact) mass is 255 g/mol. The van der Waals surface area contributed by atoms with Crippen LogP contribution < -0.4 is 17.7 Å². The predicted molar refractivity (Wildman–Crippen MR) is 58.8 cm³/mol. The van der Waals surface area contributed by atoms with Crippen molar-refractivity contribution in [3.8, 4) is 0 Å². The molecule has 1 aliphatic rings. The van der Waals surface area contributed by atoms with E-state index in [1.165, 1.54) is 12.1 Å². The van der Waals surface area contributed by atoms with Crippen LogP contribution in [0.15, 0.2) is 22.7 Å². The van der Waals surface area contributed by atoms with Crippen molar-refractivity contribution in [2.45, 2.75) is 18.8 Å². The molecule has 0 bridgehead atoms. The summed E-state index contributed by atoms with van der Waals surface area (Å²) in [4.78, 5) is 0. The van der Waals surface area contributed by atoms with Gasteiger partial charge in [0.2, 0.25) is 0 Å². The van der Waals surface area contributed by atoms with Gasteiger partial charge in [-0.05, 0) is 44.1 Å². The highest BCUT2D eigenvalue weighted by Crippen LogP contribution is 2.30. The largest absolute Gasteiger partial charge is 1.00 e. The van der Waals surface area contributed by atoms with Crippen molar-refractivity contribution in [2.75, 3.05) is 13.1 Å². The van der Waals surface area contributed by atoms with Gasteiger partial charge in [0.05, 0.1) is 5.69 Å². The zero-order valence-electron chi connectivity index (χ0n) is 9.25. The van der Waals surface area contributed by atoms with Crippen molar-refractivity contribution < 1.29 is 21.3 Å². The lowest BCUT2D eigenvalue weighted by atomic mass is 9.93. The number of hydrogen-bond acceptors (Lipinski definition) is 3. The van der Waals surface area contributed by atoms with E-state index >= 15 is 0 Å². The van der Waals surface area contributed by atoms with Crippen LogP contribution in [0.1, 0.15) is 24.5 Å². The van der Waals surface area contributed by atoms with Gasteiger partial charge in [0.1, 0.15) is 5.82 Å². The Morgan fingerprint density at radius 3 is 2.82 bits per heavy atom. The topological polar surface area (TPSA) is 38.1 Å². The molecule has 2 aromatic rings. The van der Waals surface area contributed by atoms with Crippen molar-refractivity contribution in [1.29, 1.82) is 0 Å². The lowest BCUT2D eigenvalue weighted by Gasteiger charge is -2.20. The van der Waals surface area contributed by atoms with E-state index in [2.05, 4.69) is 10.5 Å². The second-order valence-corrected chi connectivity index (χ2v) is 4.23. The average molecular weight is 256 g/mol. The van der Waals surface area contributed by atoms with Crippen LogP contribution >= 0.6 is 0 Å². The van der Waals surface area contributed by atoms with E-state index in [0.29, 0.717) is 11.5 Å². The van der Waals surface area contributed by atoms with E-state index in [1.54, 1.807) is 6.07 Å². The number of aromatic nitrogens is 1. The number of fused-ring (bicyclic) bond motifs is 1. The maximum absolute atomic E-state index is 13.2. The third-order valence-electron chi connectivity index (χ3n) is 3.19. The summed E-state index contributed by atoms with van der Waals surface area (Å²) in [6, 6.07) is 4.56. The lowest BCUT2D eigenvalue weighted by molar-refractivity contribution is -0.00000429. The smallest absolute Gasteiger partial charge is 0.167 e. The maximum Gasteiger partial charge on any atom is 0.167 e. The highest BCUT2D eigenvalue weighted by molar-refractivity contribution is 5.79. The van der Waals surface area contributed by atoms with Crippen LogP contribution in [-0.4, -0.2) is 18.2 Å². The van der Waals surface area contributed by atoms with Crippen molar-refractivity contribution in [3.05, 3.63) is 29.7 Å². The molecule has 1 aromatic carbocycles. The standard InChI is InChI=1S/C12H13FN2O.ClH/c13-9-1-2-11-10(7-9)12(15-16-11)8-3-5-14-6-4-8;/h1-2,7-8,14H,3-6H2;1H/p-1. The normalized spacial score (nSPS) is 17.0. The van der Waals surface area contributed by atoms with E-state index in [9.17, 15) is 4.39 Å². The Hall–Kier alpha value is -1.13. The molecule has 0 aliphatic carbocycles. The van der Waals surface area contributed by atoms with Gasteiger partial charge in [-0.2, -0.15) is 0 Å². The quantitative estimate of drug-likeness (QED) is 0.742. The number of benzene rings is 1. The fourth-order valence-electron chi connectivity index (χ4n) is 2.32. The molecule has 92 valence electrons. The summed E-state index contributed by atoms with van der Waals surface area (Å²) in [7, 11) is 0. The van der Waals surface area contributed by atoms with Gasteiger partial charge >= 0.3 is 0 Å². The van der Waals surface area contributed by atoms with Crippen LogP contribution in [-0.2, 0) is 0 Å². The van der Waals surface area contributed by atoms with Gasteiger partial charge in [-0.3, -0.25) is 0 Å². The molecular formula is C12H13ClFN2O-. The number of nitrogens with zero attached hydrogens (tertiary/aromatic N) is 1. The summed E-state index contributed by atoms with van der Waals surface area (Å²) in [5, 5.41) is 8.22. The molecule has 2 heterocycles. The Bertz CT molecular complexity index is 508. The Kier molecular flexibility index (Phi) is 3.64. The van der Waals surface area contributed by atoms with Gasteiger partial charge in [-0.15, -0.1) is 0 Å². The van der Waals surface area contributed by atoms with Crippen LogP contribution in [0.2, 0.25) is 0 Å². The first kappa shape index (κ1) is 12.3. The Morgan fingerprint density at radius 2 is 2.06 bits per heavy atom. The molecular weight excluding hydrogens is 243 g/mol. The molecule has 17 heavy (non-hydrogen) atoms. The van der Waals surface area contributed by atoms with E-state index in [-0.39, 0.29) is 18.2 Å². The molecule has 5 heteroatoms. The molecule has 0 saturated carbocycles. The van der Waals surface area contributed by atoms with Crippen molar-refractivity contribution >= 4 is 11.0 Å². The van der Waals surface area contributed by atoms with E-state index in [4.69, 9.17) is 4.52 Å². The first-order valence-electron chi connectivity index (χ1n) is 5.60. The first-order valence-corrected chi connectivity index (χ1v) is 5.60. The van der Waals surface area contributed by atoms with Crippen molar-refractivity contribution in [2.24, 2.45) is 0 Å². The maximum atomic E-state index is 13.2. The third kappa shape index (κ3) is 2.28. The third-order valence-corrected chi connectivity index (χ3v) is 3.19. The minimum absolute atomic E-state index is 0. The molecule has 1 saturated heterocycles. The predicted octanol–water partition coefficient (Wildman–Crippen LogP) is -0.562. The van der Waals surface area contributed by atoms with E-state index in [1.807, 2.05) is 0 Å². The second-order valence-electron chi connectivity index (χ2n) is 4.23. The Balaban J connectivity index is 0.00000108. The minimum Gasteiger partial charge on any atom is -1.00 e. The molecule has 3 rings (SSSR count). The number of piperidine rings is 1. The fraction of sp³-hybridized carbons (Fsp3) is 0.417. The van der Waals surface area contributed by atoms with E-state index < -0.39 is 0 Å². The lowest BCUT2D eigenvalue weighted by Crippen LogP contribution is -3.00. The van der Waals surface area contributed by atoms with Crippen molar-refractivity contribution in [1.82, 2.24) is 10.5 Å². The molecule has 0 radical (unpaired) electrons. The van der Waals surface area contributed by atoms with Gasteiger partial charge in [0, 0.05) is 11.3 Å². The molecule has 0 atom stereocenters. The summed E-state index contributed by atoms with van der Waals surface area (Å²) in [6.45, 7) is 1.99. The highest BCUT2D eigenvalue weighted by atomic mass is 35.5. The highest BCUT2D eigenvalue weighted by Gasteiger charge is 2.21. The average Bonchev–Trinajstić information content (AvgIpc) is 2.73. The first-order chi connectivity index (χ1) is 7.84. The van der Waals surface area contributed by atoms with Gasteiger partial charge in [0.25, 0.3) is 0 Å². The van der Waals surface area contributed by atoms with Crippen LogP contribution in [0.5, 0.6) is 0 Å². The summed E-state index contributed by atoms with van der Waals surface area (Å²) in [5.41, 5.74) is 1.59. The van der Waals surface area contributed by atoms with Crippen molar-refractivity contribution in [3.63, 3.8) is 0 Å². The minimum atomic E-state index is -0.231. The zero-order chi connectivity index (χ0) is 11.0. The molecule has 1 aliphatic heterocycles. The summed E-state index contributed by atoms with van der Waals surface area (Å²) >= 11 is 0. The molecule has 1 N–H and O–H groups in total. The molecule has 0 amide bonds. The van der Waals surface area contributed by atoms with Gasteiger partial charge in [-0.25, -0.2) is 4.39 Å². The molecule has 3 nitrogen and oxygen atoms in total. The van der Waals surface area contributed by atoms with Gasteiger partial charge < -0.3 is 22.2 Å². The summed E-state index contributed by atoms with van der Waals surface area (Å²) < 4.78 is 18.4. The summed E-state index contributed by atoms with van der Waals surface area (Å²) in [5.74, 6) is 0.162. The van der Waals surface area contributed by atoms with Crippen LogP contribution in [0, 0.1) is 5.82 Å². The van der Waals surface area contributed by atoms with Gasteiger partial charge in [0.15, 0.2) is 5.58 Å². The van der Waals surface area contributed by atoms with Crippen LogP contribution in [0.3, 0.4) is 0 Å². The molecule has 0 spiro atoms.